The molecule has 0 amide bonds. The van der Waals surface area contributed by atoms with E-state index in [1.54, 1.807) is 0 Å². The zero-order valence-corrected chi connectivity index (χ0v) is 11.7. The van der Waals surface area contributed by atoms with Gasteiger partial charge in [-0.05, 0) is 39.2 Å². The number of hydrogen-bond acceptors (Lipinski definition) is 4. The van der Waals surface area contributed by atoms with Gasteiger partial charge in [-0.3, -0.25) is 4.90 Å². The van der Waals surface area contributed by atoms with Crippen LogP contribution in [0, 0.1) is 0 Å². The molecule has 0 spiro atoms. The normalized spacial score (nSPS) is 28.5. The second-order valence-corrected chi connectivity index (χ2v) is 5.24. The molecule has 2 aliphatic rings. The summed E-state index contributed by atoms with van der Waals surface area (Å²) in [4.78, 5) is 2.62. The van der Waals surface area contributed by atoms with Crippen molar-refractivity contribution in [2.45, 2.75) is 44.8 Å². The topological polar surface area (TPSA) is 33.7 Å². The monoisotopic (exact) mass is 256 g/mol. The van der Waals surface area contributed by atoms with E-state index in [1.165, 1.54) is 25.8 Å². The van der Waals surface area contributed by atoms with Crippen molar-refractivity contribution in [3.05, 3.63) is 0 Å². The predicted octanol–water partition coefficient (Wildman–Crippen LogP) is 1.26. The van der Waals surface area contributed by atoms with Crippen LogP contribution in [0.15, 0.2) is 0 Å². The summed E-state index contributed by atoms with van der Waals surface area (Å²) in [5.41, 5.74) is 0. The molecule has 4 nitrogen and oxygen atoms in total. The number of fused-ring (bicyclic) bond motifs is 1. The first-order chi connectivity index (χ1) is 8.92. The Morgan fingerprint density at radius 2 is 2.28 bits per heavy atom. The zero-order chi connectivity index (χ0) is 12.6. The molecule has 1 saturated heterocycles. The molecular weight excluding hydrogens is 228 g/mol. The fourth-order valence-electron chi connectivity index (χ4n) is 3.07. The molecule has 0 aromatic rings. The third kappa shape index (κ3) is 4.19. The molecule has 18 heavy (non-hydrogen) atoms. The lowest BCUT2D eigenvalue weighted by atomic mass is 10.1. The Morgan fingerprint density at radius 1 is 1.33 bits per heavy atom. The highest BCUT2D eigenvalue weighted by atomic mass is 16.5. The van der Waals surface area contributed by atoms with E-state index in [2.05, 4.69) is 10.2 Å². The summed E-state index contributed by atoms with van der Waals surface area (Å²) in [5, 5.41) is 3.51. The van der Waals surface area contributed by atoms with Crippen LogP contribution in [-0.4, -0.2) is 63.0 Å². The van der Waals surface area contributed by atoms with Crippen LogP contribution in [0.1, 0.15) is 32.6 Å². The minimum Gasteiger partial charge on any atom is -0.382 e. The van der Waals surface area contributed by atoms with Crippen molar-refractivity contribution in [1.29, 1.82) is 0 Å². The molecular formula is C14H28N2O2. The lowest BCUT2D eigenvalue weighted by Gasteiger charge is -2.37. The first-order valence-corrected chi connectivity index (χ1v) is 7.56. The Morgan fingerprint density at radius 3 is 3.17 bits per heavy atom. The molecule has 0 aromatic carbocycles. The van der Waals surface area contributed by atoms with Gasteiger partial charge in [0.25, 0.3) is 0 Å². The Bertz CT molecular complexity index is 226. The molecule has 2 atom stereocenters. The first kappa shape index (κ1) is 14.3. The van der Waals surface area contributed by atoms with Crippen molar-refractivity contribution < 1.29 is 9.47 Å². The fraction of sp³-hybridized carbons (Fsp3) is 1.00. The molecule has 2 unspecified atom stereocenters. The van der Waals surface area contributed by atoms with Gasteiger partial charge in [0.05, 0.1) is 12.7 Å². The highest BCUT2D eigenvalue weighted by Crippen LogP contribution is 2.29. The van der Waals surface area contributed by atoms with Gasteiger partial charge in [0.1, 0.15) is 0 Å². The van der Waals surface area contributed by atoms with Crippen molar-refractivity contribution in [3.8, 4) is 0 Å². The maximum Gasteiger partial charge on any atom is 0.0730 e. The molecule has 2 fully saturated rings. The van der Waals surface area contributed by atoms with E-state index in [1.807, 2.05) is 6.92 Å². The summed E-state index contributed by atoms with van der Waals surface area (Å²) in [6.45, 7) is 9.12. The van der Waals surface area contributed by atoms with Crippen LogP contribution in [0.4, 0.5) is 0 Å². The van der Waals surface area contributed by atoms with Gasteiger partial charge in [0.15, 0.2) is 0 Å². The number of rotatable bonds is 8. The standard InChI is InChI=1S/C14H28N2O2/c1-2-17-11-4-7-15-8-9-16-10-12-18-14-6-3-5-13(14)16/h13-15H,2-12H2,1H3. The van der Waals surface area contributed by atoms with Crippen molar-refractivity contribution in [2.75, 3.05) is 46.0 Å². The van der Waals surface area contributed by atoms with Crippen LogP contribution in [-0.2, 0) is 9.47 Å². The van der Waals surface area contributed by atoms with Crippen LogP contribution in [0.5, 0.6) is 0 Å². The second kappa shape index (κ2) is 8.10. The van der Waals surface area contributed by atoms with Gasteiger partial charge in [-0.25, -0.2) is 0 Å². The molecule has 1 N–H and O–H groups in total. The second-order valence-electron chi connectivity index (χ2n) is 5.24. The lowest BCUT2D eigenvalue weighted by Crippen LogP contribution is -2.50. The van der Waals surface area contributed by atoms with Crippen molar-refractivity contribution >= 4 is 0 Å². The molecule has 1 saturated carbocycles. The van der Waals surface area contributed by atoms with E-state index in [9.17, 15) is 0 Å². The quantitative estimate of drug-likeness (QED) is 0.663. The van der Waals surface area contributed by atoms with Gasteiger partial charge in [-0.1, -0.05) is 0 Å². The van der Waals surface area contributed by atoms with Crippen LogP contribution >= 0.6 is 0 Å². The molecule has 1 aliphatic carbocycles. The van der Waals surface area contributed by atoms with Crippen LogP contribution in [0.3, 0.4) is 0 Å². The van der Waals surface area contributed by atoms with Crippen molar-refractivity contribution in [2.24, 2.45) is 0 Å². The number of hydrogen-bond donors (Lipinski definition) is 1. The lowest BCUT2D eigenvalue weighted by molar-refractivity contribution is -0.0548. The largest absolute Gasteiger partial charge is 0.382 e. The fourth-order valence-corrected chi connectivity index (χ4v) is 3.07. The Balaban J connectivity index is 1.53. The maximum absolute atomic E-state index is 5.83. The molecule has 0 aromatic heterocycles. The summed E-state index contributed by atoms with van der Waals surface area (Å²) < 4.78 is 11.1. The first-order valence-electron chi connectivity index (χ1n) is 7.56. The molecule has 1 aliphatic heterocycles. The number of nitrogens with one attached hydrogen (secondary N) is 1. The summed E-state index contributed by atoms with van der Waals surface area (Å²) >= 11 is 0. The minimum atomic E-state index is 0.525. The summed E-state index contributed by atoms with van der Waals surface area (Å²) in [6, 6.07) is 0.698. The third-order valence-electron chi connectivity index (χ3n) is 4.02. The van der Waals surface area contributed by atoms with E-state index >= 15 is 0 Å². The van der Waals surface area contributed by atoms with Crippen molar-refractivity contribution in [1.82, 2.24) is 10.2 Å². The van der Waals surface area contributed by atoms with Gasteiger partial charge in [0, 0.05) is 38.9 Å². The van der Waals surface area contributed by atoms with E-state index in [0.29, 0.717) is 12.1 Å². The van der Waals surface area contributed by atoms with E-state index < -0.39 is 0 Å². The minimum absolute atomic E-state index is 0.525. The summed E-state index contributed by atoms with van der Waals surface area (Å²) in [7, 11) is 0. The van der Waals surface area contributed by atoms with Crippen molar-refractivity contribution in [3.63, 3.8) is 0 Å². The Hall–Kier alpha value is -0.160. The molecule has 106 valence electrons. The molecule has 2 rings (SSSR count). The molecule has 1 heterocycles. The van der Waals surface area contributed by atoms with Gasteiger partial charge in [-0.15, -0.1) is 0 Å². The zero-order valence-electron chi connectivity index (χ0n) is 11.7. The molecule has 0 bridgehead atoms. The summed E-state index contributed by atoms with van der Waals surface area (Å²) in [6.07, 6.45) is 5.57. The van der Waals surface area contributed by atoms with Gasteiger partial charge in [-0.2, -0.15) is 0 Å². The Labute approximate surface area is 111 Å². The average Bonchev–Trinajstić information content (AvgIpc) is 2.86. The van der Waals surface area contributed by atoms with Crippen LogP contribution in [0.25, 0.3) is 0 Å². The van der Waals surface area contributed by atoms with Crippen LogP contribution < -0.4 is 5.32 Å². The predicted molar refractivity (Wildman–Crippen MR) is 72.9 cm³/mol. The highest BCUT2D eigenvalue weighted by molar-refractivity contribution is 4.89. The number of ether oxygens (including phenoxy) is 2. The van der Waals surface area contributed by atoms with Gasteiger partial charge < -0.3 is 14.8 Å². The number of morpholine rings is 1. The average molecular weight is 256 g/mol. The smallest absolute Gasteiger partial charge is 0.0730 e. The van der Waals surface area contributed by atoms with Gasteiger partial charge >= 0.3 is 0 Å². The molecule has 4 heteroatoms. The summed E-state index contributed by atoms with van der Waals surface area (Å²) in [5.74, 6) is 0. The van der Waals surface area contributed by atoms with E-state index in [4.69, 9.17) is 9.47 Å². The third-order valence-corrected chi connectivity index (χ3v) is 4.02. The van der Waals surface area contributed by atoms with E-state index in [-0.39, 0.29) is 0 Å². The maximum atomic E-state index is 5.83. The Kier molecular flexibility index (Phi) is 6.41. The SMILES string of the molecule is CCOCCCNCCN1CCOC2CCCC21. The highest BCUT2D eigenvalue weighted by Gasteiger charge is 2.35. The van der Waals surface area contributed by atoms with Gasteiger partial charge in [0.2, 0.25) is 0 Å². The van der Waals surface area contributed by atoms with E-state index in [0.717, 1.165) is 45.9 Å². The molecule has 0 radical (unpaired) electrons. The van der Waals surface area contributed by atoms with Crippen LogP contribution in [0.2, 0.25) is 0 Å². The number of nitrogens with zero attached hydrogens (tertiary/aromatic N) is 1.